The van der Waals surface area contributed by atoms with Crippen LogP contribution in [0.25, 0.3) is 0 Å². The van der Waals surface area contributed by atoms with Gasteiger partial charge in [0.25, 0.3) is 5.91 Å². The highest BCUT2D eigenvalue weighted by Gasteiger charge is 2.29. The van der Waals surface area contributed by atoms with E-state index in [1.807, 2.05) is 0 Å². The molecule has 0 aliphatic carbocycles. The van der Waals surface area contributed by atoms with Crippen molar-refractivity contribution in [2.75, 3.05) is 19.6 Å². The molecule has 0 radical (unpaired) electrons. The van der Waals surface area contributed by atoms with Crippen LogP contribution in [0.1, 0.15) is 35.4 Å². The number of nitrogens with one attached hydrogen (secondary N) is 1. The van der Waals surface area contributed by atoms with Crippen molar-refractivity contribution in [2.24, 2.45) is 5.73 Å². The first-order valence-corrected chi connectivity index (χ1v) is 8.36. The van der Waals surface area contributed by atoms with Gasteiger partial charge in [0, 0.05) is 38.2 Å². The number of thiophene rings is 1. The van der Waals surface area contributed by atoms with Crippen LogP contribution in [0, 0.1) is 10.1 Å². The summed E-state index contributed by atoms with van der Waals surface area (Å²) in [6.45, 7) is 1.28. The molecule has 1 aromatic rings. The van der Waals surface area contributed by atoms with Crippen molar-refractivity contribution in [1.82, 2.24) is 10.2 Å². The molecule has 9 heteroatoms. The van der Waals surface area contributed by atoms with Gasteiger partial charge in [-0.3, -0.25) is 19.7 Å². The molecule has 126 valence electrons. The number of likely N-dealkylation sites (tertiary alicyclic amines) is 1. The van der Waals surface area contributed by atoms with Crippen molar-refractivity contribution in [2.45, 2.75) is 31.7 Å². The summed E-state index contributed by atoms with van der Waals surface area (Å²) in [6.07, 6.45) is 2.96. The molecular formula is C14H20N4O4S. The van der Waals surface area contributed by atoms with E-state index >= 15 is 0 Å². The number of nitrogens with two attached hydrogens (primary N) is 1. The summed E-state index contributed by atoms with van der Waals surface area (Å²) in [4.78, 5) is 36.5. The summed E-state index contributed by atoms with van der Waals surface area (Å²) in [5.41, 5.74) is 5.34. The molecule has 1 aromatic heterocycles. The molecule has 0 aromatic carbocycles. The second-order valence-electron chi connectivity index (χ2n) is 5.39. The minimum Gasteiger partial charge on any atom is -0.354 e. The molecule has 1 aliphatic heterocycles. The number of rotatable bonds is 6. The number of amides is 2. The number of carbonyl (C=O) groups is 2. The van der Waals surface area contributed by atoms with E-state index in [4.69, 9.17) is 5.73 Å². The molecule has 2 rings (SSSR count). The van der Waals surface area contributed by atoms with Gasteiger partial charge in [0.2, 0.25) is 5.91 Å². The largest absolute Gasteiger partial charge is 0.354 e. The van der Waals surface area contributed by atoms with Gasteiger partial charge in [0.15, 0.2) is 0 Å². The summed E-state index contributed by atoms with van der Waals surface area (Å²) in [5.74, 6) is -0.335. The minimum atomic E-state index is -0.498. The quantitative estimate of drug-likeness (QED) is 0.594. The number of nitrogens with zero attached hydrogens (tertiary/aromatic N) is 2. The molecule has 8 nitrogen and oxygen atoms in total. The maximum absolute atomic E-state index is 12.6. The molecule has 2 amide bonds. The molecule has 23 heavy (non-hydrogen) atoms. The molecule has 1 fully saturated rings. The fourth-order valence-corrected chi connectivity index (χ4v) is 3.39. The van der Waals surface area contributed by atoms with Crippen LogP contribution in [0.3, 0.4) is 0 Å². The Kier molecular flexibility index (Phi) is 6.05. The van der Waals surface area contributed by atoms with Crippen molar-refractivity contribution in [3.05, 3.63) is 27.1 Å². The highest BCUT2D eigenvalue weighted by molar-refractivity contribution is 7.17. The van der Waals surface area contributed by atoms with Crippen molar-refractivity contribution in [3.8, 4) is 0 Å². The van der Waals surface area contributed by atoms with Crippen LogP contribution in [0.15, 0.2) is 12.1 Å². The van der Waals surface area contributed by atoms with E-state index in [1.165, 1.54) is 12.1 Å². The third kappa shape index (κ3) is 4.49. The van der Waals surface area contributed by atoms with Gasteiger partial charge in [-0.05, 0) is 25.3 Å². The van der Waals surface area contributed by atoms with E-state index in [0.29, 0.717) is 18.0 Å². The molecule has 1 aliphatic rings. The minimum absolute atomic E-state index is 0.0434. The van der Waals surface area contributed by atoms with Gasteiger partial charge in [-0.2, -0.15) is 0 Å². The molecule has 0 spiro atoms. The number of nitro groups is 1. The lowest BCUT2D eigenvalue weighted by Crippen LogP contribution is -2.49. The molecule has 2 heterocycles. The molecule has 0 saturated carbocycles. The van der Waals surface area contributed by atoms with Crippen LogP contribution in [0.4, 0.5) is 5.00 Å². The highest BCUT2D eigenvalue weighted by Crippen LogP contribution is 2.27. The standard InChI is InChI=1S/C14H20N4O4S/c15-7-6-12(19)16-9-10-3-1-2-8-17(10)14(20)11-4-5-13(23-11)18(21)22/h4-5,10H,1-3,6-9,15H2,(H,16,19). The Morgan fingerprint density at radius 2 is 2.22 bits per heavy atom. The number of hydrogen-bond donors (Lipinski definition) is 2. The van der Waals surface area contributed by atoms with Crippen LogP contribution in [0.5, 0.6) is 0 Å². The predicted molar refractivity (Wildman–Crippen MR) is 86.3 cm³/mol. The second kappa shape index (κ2) is 8.02. The number of carbonyl (C=O) groups excluding carboxylic acids is 2. The van der Waals surface area contributed by atoms with Gasteiger partial charge in [-0.25, -0.2) is 0 Å². The Hall–Kier alpha value is -2.00. The Bertz CT molecular complexity index is 589. The van der Waals surface area contributed by atoms with Crippen molar-refractivity contribution >= 4 is 28.2 Å². The summed E-state index contributed by atoms with van der Waals surface area (Å²) < 4.78 is 0. The first kappa shape index (κ1) is 17.4. The molecule has 1 atom stereocenters. The molecule has 3 N–H and O–H groups in total. The van der Waals surface area contributed by atoms with Crippen molar-refractivity contribution < 1.29 is 14.5 Å². The maximum Gasteiger partial charge on any atom is 0.324 e. The van der Waals surface area contributed by atoms with E-state index in [1.54, 1.807) is 4.90 Å². The van der Waals surface area contributed by atoms with Crippen LogP contribution >= 0.6 is 11.3 Å². The zero-order chi connectivity index (χ0) is 16.8. The van der Waals surface area contributed by atoms with Gasteiger partial charge in [-0.15, -0.1) is 0 Å². The van der Waals surface area contributed by atoms with E-state index < -0.39 is 4.92 Å². The smallest absolute Gasteiger partial charge is 0.324 e. The zero-order valence-electron chi connectivity index (χ0n) is 12.7. The average Bonchev–Trinajstić information content (AvgIpc) is 3.03. The number of hydrogen-bond acceptors (Lipinski definition) is 6. The van der Waals surface area contributed by atoms with E-state index in [0.717, 1.165) is 30.6 Å². The van der Waals surface area contributed by atoms with Crippen LogP contribution < -0.4 is 11.1 Å². The normalized spacial score (nSPS) is 17.8. The van der Waals surface area contributed by atoms with E-state index in [-0.39, 0.29) is 35.8 Å². The van der Waals surface area contributed by atoms with Crippen LogP contribution in [-0.2, 0) is 4.79 Å². The lowest BCUT2D eigenvalue weighted by atomic mass is 10.0. The summed E-state index contributed by atoms with van der Waals surface area (Å²) >= 11 is 0.883. The van der Waals surface area contributed by atoms with Gasteiger partial charge in [-0.1, -0.05) is 11.3 Å². The lowest BCUT2D eigenvalue weighted by Gasteiger charge is -2.35. The molecular weight excluding hydrogens is 320 g/mol. The highest BCUT2D eigenvalue weighted by atomic mass is 32.1. The van der Waals surface area contributed by atoms with Crippen molar-refractivity contribution in [3.63, 3.8) is 0 Å². The van der Waals surface area contributed by atoms with Gasteiger partial charge in [0.1, 0.15) is 0 Å². The van der Waals surface area contributed by atoms with Gasteiger partial charge >= 0.3 is 5.00 Å². The summed E-state index contributed by atoms with van der Waals surface area (Å²) in [5, 5.41) is 13.5. The predicted octanol–water partition coefficient (Wildman–Crippen LogP) is 1.12. The third-order valence-corrected chi connectivity index (χ3v) is 4.80. The van der Waals surface area contributed by atoms with E-state index in [2.05, 4.69) is 5.32 Å². The Morgan fingerprint density at radius 1 is 1.43 bits per heavy atom. The summed E-state index contributed by atoms with van der Waals surface area (Å²) in [6, 6.07) is 2.75. The van der Waals surface area contributed by atoms with E-state index in [9.17, 15) is 19.7 Å². The first-order chi connectivity index (χ1) is 11.0. The summed E-state index contributed by atoms with van der Waals surface area (Å²) in [7, 11) is 0. The van der Waals surface area contributed by atoms with Crippen LogP contribution in [0.2, 0.25) is 0 Å². The Balaban J connectivity index is 2.02. The monoisotopic (exact) mass is 340 g/mol. The molecule has 0 bridgehead atoms. The second-order valence-corrected chi connectivity index (χ2v) is 6.45. The first-order valence-electron chi connectivity index (χ1n) is 7.55. The lowest BCUT2D eigenvalue weighted by molar-refractivity contribution is -0.380. The zero-order valence-corrected chi connectivity index (χ0v) is 13.5. The SMILES string of the molecule is NCCC(=O)NCC1CCCCN1C(=O)c1ccc([N+](=O)[O-])s1. The van der Waals surface area contributed by atoms with Crippen molar-refractivity contribution in [1.29, 1.82) is 0 Å². The average molecular weight is 340 g/mol. The molecule has 1 saturated heterocycles. The Morgan fingerprint density at radius 3 is 2.87 bits per heavy atom. The Labute approximate surface area is 137 Å². The van der Waals surface area contributed by atoms with Gasteiger partial charge < -0.3 is 16.0 Å². The fraction of sp³-hybridized carbons (Fsp3) is 0.571. The fourth-order valence-electron chi connectivity index (χ4n) is 2.61. The maximum atomic E-state index is 12.6. The third-order valence-electron chi connectivity index (χ3n) is 3.78. The number of piperidine rings is 1. The molecule has 1 unspecified atom stereocenters. The van der Waals surface area contributed by atoms with Crippen LogP contribution in [-0.4, -0.2) is 47.3 Å². The van der Waals surface area contributed by atoms with Gasteiger partial charge in [0.05, 0.1) is 9.80 Å². The topological polar surface area (TPSA) is 119 Å².